The average Bonchev–Trinajstić information content (AvgIpc) is 2.88. The van der Waals surface area contributed by atoms with Crippen LogP contribution in [-0.2, 0) is 14.6 Å². The van der Waals surface area contributed by atoms with E-state index in [1.165, 1.54) is 12.1 Å². The first-order valence-electron chi connectivity index (χ1n) is 9.63. The number of imide groups is 1. The standard InChI is InChI=1S/C22H23BrN2O5S/c1-12-9-13(2)19(14(3)10-12)24-20(26)18(7-8-31(4,29)30)25-21(27)16-6-5-15(23)11-17(16)22(25)28/h5-6,9-11,18H,7-8H2,1-4H3,(H,24,26). The minimum absolute atomic E-state index is 0.180. The molecule has 0 bridgehead atoms. The highest BCUT2D eigenvalue weighted by molar-refractivity contribution is 9.10. The Hall–Kier alpha value is -2.52. The number of carbonyl (C=O) groups is 3. The molecule has 0 radical (unpaired) electrons. The van der Waals surface area contributed by atoms with Crippen LogP contribution < -0.4 is 5.32 Å². The van der Waals surface area contributed by atoms with Gasteiger partial charge in [0, 0.05) is 16.4 Å². The van der Waals surface area contributed by atoms with E-state index in [2.05, 4.69) is 21.2 Å². The average molecular weight is 507 g/mol. The molecule has 1 unspecified atom stereocenters. The van der Waals surface area contributed by atoms with Crippen molar-refractivity contribution >= 4 is 49.2 Å². The Labute approximate surface area is 189 Å². The highest BCUT2D eigenvalue weighted by Gasteiger charge is 2.43. The van der Waals surface area contributed by atoms with Crippen LogP contribution in [0.4, 0.5) is 5.69 Å². The summed E-state index contributed by atoms with van der Waals surface area (Å²) >= 11 is 3.28. The van der Waals surface area contributed by atoms with Crippen LogP contribution in [0.25, 0.3) is 0 Å². The van der Waals surface area contributed by atoms with E-state index >= 15 is 0 Å². The summed E-state index contributed by atoms with van der Waals surface area (Å²) in [5.41, 5.74) is 3.65. The molecular formula is C22H23BrN2O5S. The predicted octanol–water partition coefficient (Wildman–Crippen LogP) is 3.41. The van der Waals surface area contributed by atoms with Crippen molar-refractivity contribution in [1.29, 1.82) is 0 Å². The SMILES string of the molecule is Cc1cc(C)c(NC(=O)C(CCS(C)(=O)=O)N2C(=O)c3ccc(Br)cc3C2=O)c(C)c1. The lowest BCUT2D eigenvalue weighted by molar-refractivity contribution is -0.120. The van der Waals surface area contributed by atoms with Gasteiger partial charge in [0.1, 0.15) is 15.9 Å². The van der Waals surface area contributed by atoms with Gasteiger partial charge in [-0.15, -0.1) is 0 Å². The van der Waals surface area contributed by atoms with E-state index in [1.54, 1.807) is 6.07 Å². The number of rotatable bonds is 6. The number of hydrogen-bond acceptors (Lipinski definition) is 5. The monoisotopic (exact) mass is 506 g/mol. The number of nitrogens with zero attached hydrogens (tertiary/aromatic N) is 1. The summed E-state index contributed by atoms with van der Waals surface area (Å²) in [5, 5.41) is 2.81. The lowest BCUT2D eigenvalue weighted by Crippen LogP contribution is -2.48. The zero-order chi connectivity index (χ0) is 23.1. The second-order valence-electron chi connectivity index (χ2n) is 7.87. The Morgan fingerprint density at radius 1 is 1.03 bits per heavy atom. The molecule has 0 aliphatic carbocycles. The van der Waals surface area contributed by atoms with Crippen LogP contribution in [0.5, 0.6) is 0 Å². The number of aryl methyl sites for hydroxylation is 3. The maximum absolute atomic E-state index is 13.3. The molecule has 1 heterocycles. The molecule has 0 spiro atoms. The molecule has 2 aromatic rings. The number of anilines is 1. The van der Waals surface area contributed by atoms with E-state index in [0.717, 1.165) is 27.8 Å². The van der Waals surface area contributed by atoms with Crippen molar-refractivity contribution in [2.24, 2.45) is 0 Å². The second kappa shape index (κ2) is 8.55. The van der Waals surface area contributed by atoms with Gasteiger partial charge in [-0.1, -0.05) is 33.6 Å². The number of amides is 3. The molecule has 3 rings (SSSR count). The Kier molecular flexibility index (Phi) is 6.38. The van der Waals surface area contributed by atoms with E-state index in [4.69, 9.17) is 0 Å². The molecule has 0 saturated carbocycles. The number of benzene rings is 2. The van der Waals surface area contributed by atoms with E-state index in [9.17, 15) is 22.8 Å². The lowest BCUT2D eigenvalue weighted by Gasteiger charge is -2.26. The van der Waals surface area contributed by atoms with Crippen molar-refractivity contribution in [3.8, 4) is 0 Å². The van der Waals surface area contributed by atoms with Crippen molar-refractivity contribution in [2.45, 2.75) is 33.2 Å². The quantitative estimate of drug-likeness (QED) is 0.604. The van der Waals surface area contributed by atoms with E-state index < -0.39 is 33.6 Å². The number of fused-ring (bicyclic) bond motifs is 1. The molecule has 0 aromatic heterocycles. The molecule has 31 heavy (non-hydrogen) atoms. The molecular weight excluding hydrogens is 484 g/mol. The molecule has 0 fully saturated rings. The van der Waals surface area contributed by atoms with Crippen LogP contribution in [0.15, 0.2) is 34.8 Å². The van der Waals surface area contributed by atoms with Gasteiger partial charge in [0.25, 0.3) is 11.8 Å². The number of halogens is 1. The van der Waals surface area contributed by atoms with Crippen molar-refractivity contribution in [2.75, 3.05) is 17.3 Å². The van der Waals surface area contributed by atoms with Crippen LogP contribution in [-0.4, -0.2) is 49.1 Å². The molecule has 1 aliphatic rings. The first-order chi connectivity index (χ1) is 14.4. The Morgan fingerprint density at radius 3 is 2.19 bits per heavy atom. The van der Waals surface area contributed by atoms with Gasteiger partial charge in [0.05, 0.1) is 16.9 Å². The van der Waals surface area contributed by atoms with Gasteiger partial charge in [-0.2, -0.15) is 0 Å². The molecule has 1 aliphatic heterocycles. The summed E-state index contributed by atoms with van der Waals surface area (Å²) < 4.78 is 24.2. The largest absolute Gasteiger partial charge is 0.324 e. The fourth-order valence-electron chi connectivity index (χ4n) is 3.80. The number of nitrogens with one attached hydrogen (secondary N) is 1. The van der Waals surface area contributed by atoms with Crippen molar-refractivity contribution < 1.29 is 22.8 Å². The number of hydrogen-bond donors (Lipinski definition) is 1. The minimum Gasteiger partial charge on any atom is -0.324 e. The topological polar surface area (TPSA) is 101 Å². The summed E-state index contributed by atoms with van der Waals surface area (Å²) in [6.45, 7) is 5.64. The summed E-state index contributed by atoms with van der Waals surface area (Å²) in [6.07, 6.45) is 0.858. The third-order valence-corrected chi connectivity index (χ3v) is 6.65. The van der Waals surface area contributed by atoms with Crippen molar-refractivity contribution in [3.63, 3.8) is 0 Å². The van der Waals surface area contributed by atoms with Crippen LogP contribution in [0.3, 0.4) is 0 Å². The third-order valence-electron chi connectivity index (χ3n) is 5.18. The Morgan fingerprint density at radius 2 is 1.61 bits per heavy atom. The van der Waals surface area contributed by atoms with Crippen LogP contribution in [0.2, 0.25) is 0 Å². The predicted molar refractivity (Wildman–Crippen MR) is 122 cm³/mol. The molecule has 1 atom stereocenters. The second-order valence-corrected chi connectivity index (χ2v) is 11.0. The van der Waals surface area contributed by atoms with Crippen LogP contribution >= 0.6 is 15.9 Å². The number of carbonyl (C=O) groups excluding carboxylic acids is 3. The zero-order valence-electron chi connectivity index (χ0n) is 17.7. The van der Waals surface area contributed by atoms with Gasteiger partial charge in [-0.25, -0.2) is 8.42 Å². The molecule has 7 nitrogen and oxygen atoms in total. The van der Waals surface area contributed by atoms with Crippen LogP contribution in [0.1, 0.15) is 43.8 Å². The maximum atomic E-state index is 13.3. The zero-order valence-corrected chi connectivity index (χ0v) is 20.1. The number of sulfone groups is 1. The maximum Gasteiger partial charge on any atom is 0.262 e. The molecule has 0 saturated heterocycles. The van der Waals surface area contributed by atoms with Gasteiger partial charge < -0.3 is 5.32 Å². The normalized spacial score (nSPS) is 14.5. The summed E-state index contributed by atoms with van der Waals surface area (Å²) in [6, 6.07) is 7.23. The van der Waals surface area contributed by atoms with Crippen molar-refractivity contribution in [1.82, 2.24) is 4.90 Å². The van der Waals surface area contributed by atoms with Gasteiger partial charge in [0.2, 0.25) is 5.91 Å². The van der Waals surface area contributed by atoms with Gasteiger partial charge >= 0.3 is 0 Å². The fourth-order valence-corrected chi connectivity index (χ4v) is 4.81. The molecule has 9 heteroatoms. The first kappa shape index (κ1) is 23.1. The van der Waals surface area contributed by atoms with Crippen molar-refractivity contribution in [3.05, 3.63) is 62.6 Å². The smallest absolute Gasteiger partial charge is 0.262 e. The molecule has 164 valence electrons. The summed E-state index contributed by atoms with van der Waals surface area (Å²) in [7, 11) is -3.42. The van der Waals surface area contributed by atoms with E-state index in [1.807, 2.05) is 32.9 Å². The molecule has 3 amide bonds. The Bertz CT molecular complexity index is 1180. The highest BCUT2D eigenvalue weighted by atomic mass is 79.9. The van der Waals surface area contributed by atoms with Gasteiger partial charge in [0.15, 0.2) is 0 Å². The summed E-state index contributed by atoms with van der Waals surface area (Å²) in [5.74, 6) is -2.17. The molecule has 2 aromatic carbocycles. The van der Waals surface area contributed by atoms with Gasteiger partial charge in [-0.05, 0) is 56.5 Å². The third kappa shape index (κ3) is 4.88. The lowest BCUT2D eigenvalue weighted by atomic mass is 10.0. The van der Waals surface area contributed by atoms with E-state index in [0.29, 0.717) is 10.2 Å². The Balaban J connectivity index is 1.98. The van der Waals surface area contributed by atoms with Gasteiger partial charge in [-0.3, -0.25) is 19.3 Å². The highest BCUT2D eigenvalue weighted by Crippen LogP contribution is 2.30. The van der Waals surface area contributed by atoms with E-state index in [-0.39, 0.29) is 23.3 Å². The fraction of sp³-hybridized carbons (Fsp3) is 0.318. The molecule has 1 N–H and O–H groups in total. The first-order valence-corrected chi connectivity index (χ1v) is 12.5. The van der Waals surface area contributed by atoms with Crippen LogP contribution in [0, 0.1) is 20.8 Å². The summed E-state index contributed by atoms with van der Waals surface area (Å²) in [4.78, 5) is 40.1. The minimum atomic E-state index is -3.42.